The van der Waals surface area contributed by atoms with Gasteiger partial charge in [-0.25, -0.2) is 10.4 Å². The molecule has 4 rings (SSSR count). The van der Waals surface area contributed by atoms with Crippen molar-refractivity contribution < 1.29 is 19.1 Å². The predicted molar refractivity (Wildman–Crippen MR) is 150 cm³/mol. The van der Waals surface area contributed by atoms with E-state index in [2.05, 4.69) is 41.7 Å². The second-order valence-electron chi connectivity index (χ2n) is 7.70. The summed E-state index contributed by atoms with van der Waals surface area (Å²) in [4.78, 5) is 31.9. The van der Waals surface area contributed by atoms with Gasteiger partial charge in [0, 0.05) is 21.3 Å². The number of H-pyrrole nitrogens is 1. The zero-order valence-electron chi connectivity index (χ0n) is 19.8. The smallest absolute Gasteiger partial charge is 0.292 e. The maximum Gasteiger partial charge on any atom is 0.292 e. The molecule has 1 heterocycles. The number of hydrogen-bond acceptors (Lipinski definition) is 6. The fourth-order valence-corrected chi connectivity index (χ4v) is 4.19. The molecule has 0 aliphatic heterocycles. The molecular weight excluding hydrogens is 597 g/mol. The SMILES string of the molecule is COc1cc(/C=N/NC(=O)c2nc[nH]c2C(=O)Nc2ccc(Cl)cc2)cc(Br)c1OCc1ccccc1Cl. The molecule has 2 amide bonds. The number of anilines is 1. The van der Waals surface area contributed by atoms with E-state index < -0.39 is 11.8 Å². The Kier molecular flexibility index (Phi) is 9.01. The van der Waals surface area contributed by atoms with Gasteiger partial charge in [-0.3, -0.25) is 9.59 Å². The molecule has 0 aliphatic carbocycles. The average Bonchev–Trinajstić information content (AvgIpc) is 3.40. The van der Waals surface area contributed by atoms with Crippen LogP contribution in [0, 0.1) is 0 Å². The predicted octanol–water partition coefficient (Wildman–Crippen LogP) is 6.08. The van der Waals surface area contributed by atoms with Crippen molar-refractivity contribution in [2.24, 2.45) is 5.10 Å². The summed E-state index contributed by atoms with van der Waals surface area (Å²) in [5.41, 5.74) is 4.20. The largest absolute Gasteiger partial charge is 0.493 e. The number of imidazole rings is 1. The Balaban J connectivity index is 1.41. The summed E-state index contributed by atoms with van der Waals surface area (Å²) in [5, 5.41) is 7.79. The lowest BCUT2D eigenvalue weighted by Gasteiger charge is -2.14. The fourth-order valence-electron chi connectivity index (χ4n) is 3.30. The van der Waals surface area contributed by atoms with Gasteiger partial charge in [-0.15, -0.1) is 0 Å². The van der Waals surface area contributed by atoms with Crippen LogP contribution in [0.2, 0.25) is 10.0 Å². The van der Waals surface area contributed by atoms with Crippen molar-refractivity contribution in [1.82, 2.24) is 15.4 Å². The van der Waals surface area contributed by atoms with E-state index in [4.69, 9.17) is 32.7 Å². The number of aromatic nitrogens is 2. The lowest BCUT2D eigenvalue weighted by molar-refractivity contribution is 0.0936. The van der Waals surface area contributed by atoms with E-state index in [1.165, 1.54) is 19.7 Å². The maximum atomic E-state index is 12.6. The Hall–Kier alpha value is -3.86. The van der Waals surface area contributed by atoms with Crippen LogP contribution in [0.5, 0.6) is 11.5 Å². The minimum atomic E-state index is -0.672. The Morgan fingerprint density at radius 1 is 1.11 bits per heavy atom. The van der Waals surface area contributed by atoms with E-state index in [9.17, 15) is 9.59 Å². The van der Waals surface area contributed by atoms with Gasteiger partial charge in [-0.1, -0.05) is 41.4 Å². The van der Waals surface area contributed by atoms with Crippen LogP contribution < -0.4 is 20.2 Å². The Labute approximate surface area is 236 Å². The molecular formula is C26H20BrCl2N5O4. The number of hydrazone groups is 1. The molecule has 0 aliphatic rings. The molecule has 0 radical (unpaired) electrons. The number of aromatic amines is 1. The van der Waals surface area contributed by atoms with Gasteiger partial charge in [0.2, 0.25) is 0 Å². The molecule has 4 aromatic rings. The fraction of sp³-hybridized carbons (Fsp3) is 0.0769. The molecule has 1 aromatic heterocycles. The highest BCUT2D eigenvalue weighted by molar-refractivity contribution is 9.10. The number of rotatable bonds is 9. The number of nitrogens with one attached hydrogen (secondary N) is 3. The molecule has 194 valence electrons. The van der Waals surface area contributed by atoms with E-state index in [1.807, 2.05) is 18.2 Å². The first-order chi connectivity index (χ1) is 18.4. The van der Waals surface area contributed by atoms with Crippen molar-refractivity contribution in [3.63, 3.8) is 0 Å². The zero-order chi connectivity index (χ0) is 27.1. The third-order valence-corrected chi connectivity index (χ3v) is 6.35. The highest BCUT2D eigenvalue weighted by Gasteiger charge is 2.20. The number of hydrogen-bond donors (Lipinski definition) is 3. The van der Waals surface area contributed by atoms with Crippen molar-refractivity contribution in [2.45, 2.75) is 6.61 Å². The topological polar surface area (TPSA) is 118 Å². The summed E-state index contributed by atoms with van der Waals surface area (Å²) in [7, 11) is 1.51. The number of carbonyl (C=O) groups is 2. The molecule has 0 atom stereocenters. The molecule has 0 spiro atoms. The number of benzene rings is 3. The number of methoxy groups -OCH3 is 1. The van der Waals surface area contributed by atoms with Crippen LogP contribution >= 0.6 is 39.1 Å². The molecule has 9 nitrogen and oxygen atoms in total. The van der Waals surface area contributed by atoms with Gasteiger partial charge in [-0.2, -0.15) is 5.10 Å². The van der Waals surface area contributed by atoms with Crippen LogP contribution in [-0.4, -0.2) is 35.1 Å². The Morgan fingerprint density at radius 3 is 2.61 bits per heavy atom. The zero-order valence-corrected chi connectivity index (χ0v) is 22.9. The minimum Gasteiger partial charge on any atom is -0.493 e. The van der Waals surface area contributed by atoms with Gasteiger partial charge in [-0.05, 0) is 64.0 Å². The van der Waals surface area contributed by atoms with E-state index in [-0.39, 0.29) is 18.0 Å². The summed E-state index contributed by atoms with van der Waals surface area (Å²) < 4.78 is 12.0. The van der Waals surface area contributed by atoms with Crippen molar-refractivity contribution in [3.8, 4) is 11.5 Å². The van der Waals surface area contributed by atoms with Crippen molar-refractivity contribution in [3.05, 3.63) is 104 Å². The second kappa shape index (κ2) is 12.6. The van der Waals surface area contributed by atoms with Gasteiger partial charge in [0.15, 0.2) is 17.2 Å². The first-order valence-electron chi connectivity index (χ1n) is 11.0. The van der Waals surface area contributed by atoms with Gasteiger partial charge in [0.05, 0.1) is 24.1 Å². The highest BCUT2D eigenvalue weighted by Crippen LogP contribution is 2.37. The van der Waals surface area contributed by atoms with E-state index in [0.717, 1.165) is 5.56 Å². The molecule has 0 unspecified atom stereocenters. The summed E-state index contributed by atoms with van der Waals surface area (Å²) in [6, 6.07) is 17.4. The standard InChI is InChI=1S/C26H20BrCl2N5O4/c1-37-21-11-15(10-19(27)24(21)38-13-16-4-2-3-5-20(16)29)12-32-34-26(36)23-22(30-14-31-23)25(35)33-18-8-6-17(28)7-9-18/h2-12,14H,13H2,1H3,(H,30,31)(H,33,35)(H,34,36)/b32-12+. The van der Waals surface area contributed by atoms with Crippen molar-refractivity contribution >= 4 is 62.8 Å². The molecule has 0 fully saturated rings. The highest BCUT2D eigenvalue weighted by atomic mass is 79.9. The van der Waals surface area contributed by atoms with Gasteiger partial charge in [0.25, 0.3) is 11.8 Å². The average molecular weight is 617 g/mol. The van der Waals surface area contributed by atoms with Crippen LogP contribution in [0.1, 0.15) is 32.1 Å². The van der Waals surface area contributed by atoms with Crippen molar-refractivity contribution in [2.75, 3.05) is 12.4 Å². The lowest BCUT2D eigenvalue weighted by Crippen LogP contribution is -2.23. The van der Waals surface area contributed by atoms with Crippen LogP contribution in [0.15, 0.2) is 76.6 Å². The summed E-state index contributed by atoms with van der Waals surface area (Å²) in [6.07, 6.45) is 2.67. The quantitative estimate of drug-likeness (QED) is 0.156. The van der Waals surface area contributed by atoms with Crippen molar-refractivity contribution in [1.29, 1.82) is 0 Å². The first-order valence-corrected chi connectivity index (χ1v) is 12.6. The molecule has 0 saturated heterocycles. The summed E-state index contributed by atoms with van der Waals surface area (Å²) in [5.74, 6) is -0.274. The maximum absolute atomic E-state index is 12.6. The van der Waals surface area contributed by atoms with E-state index in [0.29, 0.717) is 37.3 Å². The molecule has 0 saturated carbocycles. The third kappa shape index (κ3) is 6.71. The van der Waals surface area contributed by atoms with Crippen LogP contribution in [0.3, 0.4) is 0 Å². The molecule has 12 heteroatoms. The second-order valence-corrected chi connectivity index (χ2v) is 9.40. The number of carbonyl (C=O) groups excluding carboxylic acids is 2. The summed E-state index contributed by atoms with van der Waals surface area (Å²) >= 11 is 15.6. The van der Waals surface area contributed by atoms with Crippen LogP contribution in [0.4, 0.5) is 5.69 Å². The van der Waals surface area contributed by atoms with Crippen LogP contribution in [-0.2, 0) is 6.61 Å². The first kappa shape index (κ1) is 27.2. The normalized spacial score (nSPS) is 10.8. The van der Waals surface area contributed by atoms with Gasteiger partial charge >= 0.3 is 0 Å². The third-order valence-electron chi connectivity index (χ3n) is 5.14. The molecule has 0 bridgehead atoms. The minimum absolute atomic E-state index is 0.0166. The molecule has 3 aromatic carbocycles. The van der Waals surface area contributed by atoms with E-state index >= 15 is 0 Å². The number of amides is 2. The monoisotopic (exact) mass is 615 g/mol. The van der Waals surface area contributed by atoms with Crippen LogP contribution in [0.25, 0.3) is 0 Å². The Morgan fingerprint density at radius 2 is 1.87 bits per heavy atom. The number of halogens is 3. The Bertz CT molecular complexity index is 1490. The molecule has 3 N–H and O–H groups in total. The number of nitrogens with zero attached hydrogens (tertiary/aromatic N) is 2. The van der Waals surface area contributed by atoms with Gasteiger partial charge < -0.3 is 19.8 Å². The lowest BCUT2D eigenvalue weighted by atomic mass is 10.2. The van der Waals surface area contributed by atoms with Gasteiger partial charge in [0.1, 0.15) is 12.3 Å². The van der Waals surface area contributed by atoms with E-state index in [1.54, 1.807) is 42.5 Å². The molecule has 38 heavy (non-hydrogen) atoms. The summed E-state index contributed by atoms with van der Waals surface area (Å²) in [6.45, 7) is 0.246. The number of ether oxygens (including phenoxy) is 2.